The van der Waals surface area contributed by atoms with Gasteiger partial charge in [-0.2, -0.15) is 0 Å². The van der Waals surface area contributed by atoms with Gasteiger partial charge in [-0.15, -0.1) is 0 Å². The summed E-state index contributed by atoms with van der Waals surface area (Å²) in [4.78, 5) is 23.8. The van der Waals surface area contributed by atoms with Crippen molar-refractivity contribution in [2.75, 3.05) is 26.8 Å². The van der Waals surface area contributed by atoms with Crippen LogP contribution in [0, 0.1) is 0 Å². The molecule has 0 bridgehead atoms. The molecule has 0 heterocycles. The summed E-state index contributed by atoms with van der Waals surface area (Å²) in [6, 6.07) is 5.36. The van der Waals surface area contributed by atoms with Crippen molar-refractivity contribution >= 4 is 18.0 Å². The molecule has 0 aromatic heterocycles. The highest BCUT2D eigenvalue weighted by atomic mass is 16.5. The van der Waals surface area contributed by atoms with E-state index in [0.717, 1.165) is 5.56 Å². The maximum atomic E-state index is 11.9. The molecule has 0 spiro atoms. The summed E-state index contributed by atoms with van der Waals surface area (Å²) in [5.74, 6) is -0.479. The third-order valence-corrected chi connectivity index (χ3v) is 2.96. The number of amides is 1. The zero-order chi connectivity index (χ0) is 16.5. The largest absolute Gasteiger partial charge is 0.493 e. The number of carboxylic acids is 1. The second-order valence-electron chi connectivity index (χ2n) is 4.50. The maximum absolute atomic E-state index is 11.9. The first-order valence-electron chi connectivity index (χ1n) is 6.94. The third-order valence-electron chi connectivity index (χ3n) is 2.96. The molecule has 1 aromatic rings. The van der Waals surface area contributed by atoms with Gasteiger partial charge in [-0.25, -0.2) is 0 Å². The summed E-state index contributed by atoms with van der Waals surface area (Å²) in [6.07, 6.45) is 3.83. The Morgan fingerprint density at radius 2 is 2.05 bits per heavy atom. The molecule has 0 fully saturated rings. The van der Waals surface area contributed by atoms with Crippen molar-refractivity contribution < 1.29 is 24.2 Å². The highest BCUT2D eigenvalue weighted by Gasteiger charge is 2.16. The van der Waals surface area contributed by atoms with Crippen molar-refractivity contribution in [1.82, 2.24) is 4.90 Å². The van der Waals surface area contributed by atoms with Gasteiger partial charge in [0.1, 0.15) is 6.54 Å². The lowest BCUT2D eigenvalue weighted by Crippen LogP contribution is -2.38. The van der Waals surface area contributed by atoms with Crippen LogP contribution in [0.3, 0.4) is 0 Å². The number of allylic oxidation sites excluding steroid dienone is 1. The molecule has 1 amide bonds. The normalized spacial score (nSPS) is 10.5. The number of hydrogen-bond donors (Lipinski definition) is 1. The summed E-state index contributed by atoms with van der Waals surface area (Å²) in [6.45, 7) is 3.37. The maximum Gasteiger partial charge on any atom is 0.323 e. The molecule has 0 unspecified atom stereocenters. The Kier molecular flexibility index (Phi) is 6.95. The molecule has 6 nitrogen and oxygen atoms in total. The first-order valence-corrected chi connectivity index (χ1v) is 6.94. The van der Waals surface area contributed by atoms with E-state index in [1.54, 1.807) is 19.1 Å². The van der Waals surface area contributed by atoms with E-state index < -0.39 is 5.97 Å². The van der Waals surface area contributed by atoms with Crippen LogP contribution in [0.1, 0.15) is 19.4 Å². The van der Waals surface area contributed by atoms with Crippen LogP contribution in [0.5, 0.6) is 11.5 Å². The first-order chi connectivity index (χ1) is 10.5. The summed E-state index contributed by atoms with van der Waals surface area (Å²) in [5, 5.41) is 8.75. The number of likely N-dealkylation sites (N-methyl/N-ethyl adjacent to an activating group) is 1. The van der Waals surface area contributed by atoms with Crippen LogP contribution in [-0.2, 0) is 9.59 Å². The van der Waals surface area contributed by atoms with Crippen molar-refractivity contribution in [3.63, 3.8) is 0 Å². The van der Waals surface area contributed by atoms with E-state index in [4.69, 9.17) is 14.6 Å². The Morgan fingerprint density at radius 1 is 1.32 bits per heavy atom. The van der Waals surface area contributed by atoms with Crippen molar-refractivity contribution in [3.8, 4) is 11.5 Å². The van der Waals surface area contributed by atoms with E-state index >= 15 is 0 Å². The Balaban J connectivity index is 2.74. The second kappa shape index (κ2) is 8.71. The fraction of sp³-hybridized carbons (Fsp3) is 0.375. The fourth-order valence-electron chi connectivity index (χ4n) is 1.87. The van der Waals surface area contributed by atoms with Gasteiger partial charge >= 0.3 is 5.97 Å². The molecule has 1 N–H and O–H groups in total. The van der Waals surface area contributed by atoms with Crippen molar-refractivity contribution in [2.45, 2.75) is 13.8 Å². The number of nitrogens with zero attached hydrogens (tertiary/aromatic N) is 1. The third kappa shape index (κ3) is 5.12. The quantitative estimate of drug-likeness (QED) is 0.795. The van der Waals surface area contributed by atoms with E-state index in [2.05, 4.69) is 0 Å². The highest BCUT2D eigenvalue weighted by molar-refractivity contribution is 5.82. The van der Waals surface area contributed by atoms with Gasteiger partial charge in [0, 0.05) is 6.54 Å². The first kappa shape index (κ1) is 17.6. The average Bonchev–Trinajstić information content (AvgIpc) is 2.50. The van der Waals surface area contributed by atoms with Gasteiger partial charge < -0.3 is 19.5 Å². The minimum atomic E-state index is -1.05. The summed E-state index contributed by atoms with van der Waals surface area (Å²) >= 11 is 0. The average molecular weight is 307 g/mol. The molecule has 0 aliphatic heterocycles. The molecule has 0 aliphatic rings. The fourth-order valence-corrected chi connectivity index (χ4v) is 1.87. The molecule has 0 aliphatic carbocycles. The van der Waals surface area contributed by atoms with E-state index in [0.29, 0.717) is 18.0 Å². The van der Waals surface area contributed by atoms with E-state index in [1.165, 1.54) is 12.0 Å². The zero-order valence-electron chi connectivity index (χ0n) is 13.0. The van der Waals surface area contributed by atoms with Gasteiger partial charge in [0.2, 0.25) is 0 Å². The molecule has 0 atom stereocenters. The van der Waals surface area contributed by atoms with Gasteiger partial charge in [-0.1, -0.05) is 18.2 Å². The Morgan fingerprint density at radius 3 is 2.59 bits per heavy atom. The Labute approximate surface area is 129 Å². The van der Waals surface area contributed by atoms with Crippen LogP contribution < -0.4 is 9.47 Å². The van der Waals surface area contributed by atoms with E-state index in [9.17, 15) is 9.59 Å². The molecule has 1 aromatic carbocycles. The molecular formula is C16H21NO5. The minimum absolute atomic E-state index is 0.236. The van der Waals surface area contributed by atoms with Crippen LogP contribution >= 0.6 is 0 Å². The summed E-state index contributed by atoms with van der Waals surface area (Å²) in [7, 11) is 1.52. The smallest absolute Gasteiger partial charge is 0.323 e. The number of ether oxygens (including phenoxy) is 2. The Hall–Kier alpha value is -2.50. The van der Waals surface area contributed by atoms with Gasteiger partial charge in [0.15, 0.2) is 18.1 Å². The standard InChI is InChI=1S/C16H21NO5/c1-4-6-12-7-8-13(14(9-12)21-3)22-11-15(18)17(5-2)10-16(19)20/h4,6-9H,5,10-11H2,1-3H3,(H,19,20)/b6-4+. The van der Waals surface area contributed by atoms with E-state index in [1.807, 2.05) is 25.1 Å². The van der Waals surface area contributed by atoms with Crippen molar-refractivity contribution in [1.29, 1.82) is 0 Å². The molecule has 1 rings (SSSR count). The van der Waals surface area contributed by atoms with Crippen LogP contribution in [0.25, 0.3) is 6.08 Å². The predicted molar refractivity (Wildman–Crippen MR) is 83.1 cm³/mol. The minimum Gasteiger partial charge on any atom is -0.493 e. The number of benzene rings is 1. The lowest BCUT2D eigenvalue weighted by molar-refractivity contribution is -0.145. The summed E-state index contributed by atoms with van der Waals surface area (Å²) in [5.41, 5.74) is 0.957. The topological polar surface area (TPSA) is 76.1 Å². The molecule has 120 valence electrons. The van der Waals surface area contributed by atoms with Crippen LogP contribution in [0.4, 0.5) is 0 Å². The molecule has 0 saturated heterocycles. The van der Waals surface area contributed by atoms with Crippen LogP contribution in [0.15, 0.2) is 24.3 Å². The predicted octanol–water partition coefficient (Wildman–Crippen LogP) is 2.04. The number of carbonyl (C=O) groups excluding carboxylic acids is 1. The van der Waals surface area contributed by atoms with Crippen molar-refractivity contribution in [3.05, 3.63) is 29.8 Å². The van der Waals surface area contributed by atoms with Gasteiger partial charge in [-0.05, 0) is 31.5 Å². The van der Waals surface area contributed by atoms with Crippen molar-refractivity contribution in [2.24, 2.45) is 0 Å². The molecule has 0 saturated carbocycles. The molecule has 22 heavy (non-hydrogen) atoms. The number of carboxylic acid groups (broad SMARTS) is 1. The van der Waals surface area contributed by atoms with Gasteiger partial charge in [0.05, 0.1) is 7.11 Å². The summed E-state index contributed by atoms with van der Waals surface area (Å²) < 4.78 is 10.7. The number of hydrogen-bond acceptors (Lipinski definition) is 4. The van der Waals surface area contributed by atoms with Gasteiger partial charge in [-0.3, -0.25) is 9.59 Å². The van der Waals surface area contributed by atoms with Crippen LogP contribution in [0.2, 0.25) is 0 Å². The zero-order valence-corrected chi connectivity index (χ0v) is 13.0. The van der Waals surface area contributed by atoms with E-state index in [-0.39, 0.29) is 19.1 Å². The lowest BCUT2D eigenvalue weighted by atomic mass is 10.2. The lowest BCUT2D eigenvalue weighted by Gasteiger charge is -2.19. The second-order valence-corrected chi connectivity index (χ2v) is 4.50. The SMILES string of the molecule is C/C=C/c1ccc(OCC(=O)N(CC)CC(=O)O)c(OC)c1. The molecular weight excluding hydrogens is 286 g/mol. The number of rotatable bonds is 8. The Bertz CT molecular complexity index is 553. The number of methoxy groups -OCH3 is 1. The van der Waals surface area contributed by atoms with Gasteiger partial charge in [0.25, 0.3) is 5.91 Å². The van der Waals surface area contributed by atoms with Crippen LogP contribution in [-0.4, -0.2) is 48.7 Å². The highest BCUT2D eigenvalue weighted by Crippen LogP contribution is 2.28. The molecule has 0 radical (unpaired) electrons. The molecule has 6 heteroatoms. The number of carbonyl (C=O) groups is 2. The monoisotopic (exact) mass is 307 g/mol. The number of aliphatic carboxylic acids is 1.